The van der Waals surface area contributed by atoms with Gasteiger partial charge in [-0.2, -0.15) is 0 Å². The Balaban J connectivity index is 2.18. The van der Waals surface area contributed by atoms with Gasteiger partial charge in [-0.3, -0.25) is 4.79 Å². The van der Waals surface area contributed by atoms with E-state index in [4.69, 9.17) is 4.74 Å². The molecular formula is C16H19NO2S. The molecule has 2 rings (SSSR count). The molecule has 3 nitrogen and oxygen atoms in total. The van der Waals surface area contributed by atoms with Crippen LogP contribution in [0.1, 0.15) is 34.0 Å². The van der Waals surface area contributed by atoms with Crippen LogP contribution in [0.3, 0.4) is 0 Å². The minimum Gasteiger partial charge on any atom is -0.492 e. The van der Waals surface area contributed by atoms with E-state index < -0.39 is 0 Å². The monoisotopic (exact) mass is 289 g/mol. The van der Waals surface area contributed by atoms with E-state index in [1.54, 1.807) is 0 Å². The summed E-state index contributed by atoms with van der Waals surface area (Å²) in [7, 11) is 0. The van der Waals surface area contributed by atoms with Crippen molar-refractivity contribution in [3.8, 4) is 5.75 Å². The maximum atomic E-state index is 12.3. The molecule has 0 fully saturated rings. The third-order valence-electron chi connectivity index (χ3n) is 3.06. The Morgan fingerprint density at radius 2 is 2.05 bits per heavy atom. The summed E-state index contributed by atoms with van der Waals surface area (Å²) in [6.07, 6.45) is 0.950. The number of carbonyl (C=O) groups excluding carboxylic acids is 1. The quantitative estimate of drug-likeness (QED) is 0.892. The number of ether oxygens (including phenoxy) is 1. The van der Waals surface area contributed by atoms with Gasteiger partial charge in [0.25, 0.3) is 5.91 Å². The lowest BCUT2D eigenvalue weighted by atomic mass is 10.2. The zero-order valence-electron chi connectivity index (χ0n) is 12.0. The average molecular weight is 289 g/mol. The summed E-state index contributed by atoms with van der Waals surface area (Å²) in [5, 5.41) is 2.92. The topological polar surface area (TPSA) is 38.3 Å². The molecule has 0 bridgehead atoms. The first-order valence-electron chi connectivity index (χ1n) is 6.78. The van der Waals surface area contributed by atoms with Crippen molar-refractivity contribution < 1.29 is 9.53 Å². The Bertz CT molecular complexity index is 604. The van der Waals surface area contributed by atoms with E-state index in [9.17, 15) is 4.79 Å². The van der Waals surface area contributed by atoms with Gasteiger partial charge in [0, 0.05) is 4.88 Å². The Hall–Kier alpha value is -1.81. The van der Waals surface area contributed by atoms with Gasteiger partial charge in [0.05, 0.1) is 17.2 Å². The fourth-order valence-corrected chi connectivity index (χ4v) is 3.03. The van der Waals surface area contributed by atoms with Crippen molar-refractivity contribution in [2.45, 2.75) is 27.2 Å². The predicted molar refractivity (Wildman–Crippen MR) is 84.0 cm³/mol. The van der Waals surface area contributed by atoms with E-state index in [-0.39, 0.29) is 5.91 Å². The highest BCUT2D eigenvalue weighted by Crippen LogP contribution is 2.27. The third-order valence-corrected chi connectivity index (χ3v) is 4.15. The molecule has 0 aliphatic carbocycles. The van der Waals surface area contributed by atoms with Crippen molar-refractivity contribution in [3.05, 3.63) is 45.6 Å². The van der Waals surface area contributed by atoms with Gasteiger partial charge in [0.1, 0.15) is 5.75 Å². The van der Waals surface area contributed by atoms with Crippen molar-refractivity contribution in [2.75, 3.05) is 11.9 Å². The first-order valence-corrected chi connectivity index (χ1v) is 7.59. The molecule has 0 saturated carbocycles. The van der Waals surface area contributed by atoms with Gasteiger partial charge in [0.15, 0.2) is 0 Å². The highest BCUT2D eigenvalue weighted by Gasteiger charge is 2.13. The molecule has 0 atom stereocenters. The molecule has 1 aromatic carbocycles. The van der Waals surface area contributed by atoms with E-state index in [2.05, 4.69) is 19.2 Å². The molecule has 0 aliphatic heterocycles. The number of hydrogen-bond donors (Lipinski definition) is 1. The fraction of sp³-hybridized carbons (Fsp3) is 0.312. The number of benzene rings is 1. The van der Waals surface area contributed by atoms with Gasteiger partial charge in [0.2, 0.25) is 0 Å². The molecule has 106 valence electrons. The number of carbonyl (C=O) groups is 1. The molecule has 0 spiro atoms. The first kappa shape index (κ1) is 14.6. The van der Waals surface area contributed by atoms with E-state index in [0.717, 1.165) is 11.3 Å². The highest BCUT2D eigenvalue weighted by atomic mass is 32.1. The lowest BCUT2D eigenvalue weighted by Crippen LogP contribution is -2.11. The molecule has 2 aromatic rings. The van der Waals surface area contributed by atoms with Crippen molar-refractivity contribution in [3.63, 3.8) is 0 Å². The maximum Gasteiger partial charge on any atom is 0.265 e. The van der Waals surface area contributed by atoms with Gasteiger partial charge in [-0.25, -0.2) is 0 Å². The van der Waals surface area contributed by atoms with Crippen LogP contribution in [0, 0.1) is 6.92 Å². The fourth-order valence-electron chi connectivity index (χ4n) is 2.02. The summed E-state index contributed by atoms with van der Waals surface area (Å²) in [5.74, 6) is 0.622. The standard InChI is InChI=1S/C16H19NO2S/c1-4-12-10-15(20-11(12)3)16(18)17-13-8-6-7-9-14(13)19-5-2/h6-10H,4-5H2,1-3H3,(H,17,18). The highest BCUT2D eigenvalue weighted by molar-refractivity contribution is 7.14. The van der Waals surface area contributed by atoms with Crippen molar-refractivity contribution in [1.29, 1.82) is 0 Å². The van der Waals surface area contributed by atoms with E-state index in [1.165, 1.54) is 21.8 Å². The smallest absolute Gasteiger partial charge is 0.265 e. The molecular weight excluding hydrogens is 270 g/mol. The number of amides is 1. The second kappa shape index (κ2) is 6.57. The third kappa shape index (κ3) is 3.20. The molecule has 0 saturated heterocycles. The summed E-state index contributed by atoms with van der Waals surface area (Å²) in [5.41, 5.74) is 1.95. The van der Waals surface area contributed by atoms with Crippen molar-refractivity contribution in [2.24, 2.45) is 0 Å². The minimum atomic E-state index is -0.0787. The van der Waals surface area contributed by atoms with Crippen LogP contribution in [-0.2, 0) is 6.42 Å². The summed E-state index contributed by atoms with van der Waals surface area (Å²) in [6, 6.07) is 9.46. The van der Waals surface area contributed by atoms with Crippen LogP contribution in [0.5, 0.6) is 5.75 Å². The molecule has 0 unspecified atom stereocenters. The molecule has 1 heterocycles. The van der Waals surface area contributed by atoms with Gasteiger partial charge in [-0.1, -0.05) is 19.1 Å². The van der Waals surface area contributed by atoms with Crippen molar-refractivity contribution >= 4 is 22.9 Å². The van der Waals surface area contributed by atoms with Crippen LogP contribution in [0.25, 0.3) is 0 Å². The lowest BCUT2D eigenvalue weighted by Gasteiger charge is -2.10. The first-order chi connectivity index (χ1) is 9.65. The largest absolute Gasteiger partial charge is 0.492 e. The number of para-hydroxylation sites is 2. The molecule has 4 heteroatoms. The number of anilines is 1. The second-order valence-corrected chi connectivity index (χ2v) is 5.69. The van der Waals surface area contributed by atoms with Crippen LogP contribution in [0.15, 0.2) is 30.3 Å². The Labute approximate surface area is 123 Å². The number of nitrogens with one attached hydrogen (secondary N) is 1. The minimum absolute atomic E-state index is 0.0787. The molecule has 1 aromatic heterocycles. The zero-order chi connectivity index (χ0) is 14.5. The van der Waals surface area contributed by atoms with E-state index in [1.807, 2.05) is 37.3 Å². The van der Waals surface area contributed by atoms with Crippen LogP contribution >= 0.6 is 11.3 Å². The molecule has 1 N–H and O–H groups in total. The van der Waals surface area contributed by atoms with Gasteiger partial charge >= 0.3 is 0 Å². The maximum absolute atomic E-state index is 12.3. The summed E-state index contributed by atoms with van der Waals surface area (Å²) in [6.45, 7) is 6.65. The van der Waals surface area contributed by atoms with Crippen molar-refractivity contribution in [1.82, 2.24) is 0 Å². The SMILES string of the molecule is CCOc1ccccc1NC(=O)c1cc(CC)c(C)s1. The lowest BCUT2D eigenvalue weighted by molar-refractivity contribution is 0.103. The normalized spacial score (nSPS) is 10.3. The van der Waals surface area contributed by atoms with Crippen LogP contribution in [0.4, 0.5) is 5.69 Å². The predicted octanol–water partition coefficient (Wildman–Crippen LogP) is 4.27. The molecule has 1 amide bonds. The Morgan fingerprint density at radius 1 is 1.30 bits per heavy atom. The summed E-state index contributed by atoms with van der Waals surface area (Å²) >= 11 is 1.53. The van der Waals surface area contributed by atoms with Crippen LogP contribution < -0.4 is 10.1 Å². The second-order valence-electron chi connectivity index (χ2n) is 4.43. The average Bonchev–Trinajstić information content (AvgIpc) is 2.82. The Kier molecular flexibility index (Phi) is 4.79. The van der Waals surface area contributed by atoms with Gasteiger partial charge in [-0.15, -0.1) is 11.3 Å². The summed E-state index contributed by atoms with van der Waals surface area (Å²) < 4.78 is 5.51. The van der Waals surface area contributed by atoms with E-state index in [0.29, 0.717) is 18.0 Å². The van der Waals surface area contributed by atoms with Gasteiger partial charge < -0.3 is 10.1 Å². The van der Waals surface area contributed by atoms with E-state index >= 15 is 0 Å². The number of rotatable bonds is 5. The Morgan fingerprint density at radius 3 is 2.70 bits per heavy atom. The number of aryl methyl sites for hydroxylation is 2. The van der Waals surface area contributed by atoms with Gasteiger partial charge in [-0.05, 0) is 44.0 Å². The van der Waals surface area contributed by atoms with Crippen LogP contribution in [0.2, 0.25) is 0 Å². The number of hydrogen-bond acceptors (Lipinski definition) is 3. The molecule has 0 radical (unpaired) electrons. The van der Waals surface area contributed by atoms with Crippen LogP contribution in [-0.4, -0.2) is 12.5 Å². The molecule has 20 heavy (non-hydrogen) atoms. The summed E-state index contributed by atoms with van der Waals surface area (Å²) in [4.78, 5) is 14.2. The zero-order valence-corrected chi connectivity index (χ0v) is 12.8. The molecule has 0 aliphatic rings. The number of thiophene rings is 1.